The van der Waals surface area contributed by atoms with Gasteiger partial charge in [0.15, 0.2) is 0 Å². The van der Waals surface area contributed by atoms with E-state index in [2.05, 4.69) is 5.32 Å². The van der Waals surface area contributed by atoms with E-state index in [0.29, 0.717) is 4.88 Å². The highest BCUT2D eigenvalue weighted by molar-refractivity contribution is 7.12. The number of carbonyl (C=O) groups excluding carboxylic acids is 1. The van der Waals surface area contributed by atoms with E-state index in [1.54, 1.807) is 5.38 Å². The molecule has 0 spiro atoms. The Balaban J connectivity index is 2.19. The van der Waals surface area contributed by atoms with Gasteiger partial charge in [0.25, 0.3) is 5.91 Å². The van der Waals surface area contributed by atoms with Crippen LogP contribution in [0.1, 0.15) is 9.67 Å². The summed E-state index contributed by atoms with van der Waals surface area (Å²) in [5.74, 6) is -1.43. The number of rotatable bonds is 4. The van der Waals surface area contributed by atoms with Crippen molar-refractivity contribution < 1.29 is 14.7 Å². The molecule has 0 fully saturated rings. The summed E-state index contributed by atoms with van der Waals surface area (Å²) >= 11 is 1.28. The molecule has 88 valence electrons. The minimum atomic E-state index is -1.06. The van der Waals surface area contributed by atoms with Crippen LogP contribution in [0.2, 0.25) is 0 Å². The van der Waals surface area contributed by atoms with Crippen molar-refractivity contribution in [2.75, 3.05) is 6.54 Å². The summed E-state index contributed by atoms with van der Waals surface area (Å²) in [5, 5.41) is 12.6. The smallest absolute Gasteiger partial charge is 0.322 e. The Morgan fingerprint density at radius 2 is 2.06 bits per heavy atom. The lowest BCUT2D eigenvalue weighted by atomic mass is 10.3. The maximum Gasteiger partial charge on any atom is 0.322 e. The number of amides is 1. The van der Waals surface area contributed by atoms with E-state index in [4.69, 9.17) is 5.11 Å². The molecule has 0 aliphatic heterocycles. The molecule has 0 unspecified atom stereocenters. The fraction of sp³-hybridized carbons (Fsp3) is 0.0909. The molecular formula is C11H10N2O3S. The van der Waals surface area contributed by atoms with E-state index in [0.717, 1.165) is 5.69 Å². The first-order chi connectivity index (χ1) is 8.18. The lowest BCUT2D eigenvalue weighted by Crippen LogP contribution is -2.29. The third-order valence-electron chi connectivity index (χ3n) is 2.13. The lowest BCUT2D eigenvalue weighted by molar-refractivity contribution is -0.135. The number of hydrogen-bond donors (Lipinski definition) is 2. The number of nitrogens with zero attached hydrogens (tertiary/aromatic N) is 1. The predicted molar refractivity (Wildman–Crippen MR) is 63.6 cm³/mol. The van der Waals surface area contributed by atoms with Crippen molar-refractivity contribution in [3.05, 3.63) is 40.8 Å². The molecule has 0 bridgehead atoms. The van der Waals surface area contributed by atoms with Crippen LogP contribution < -0.4 is 5.32 Å². The predicted octanol–water partition coefficient (Wildman–Crippen LogP) is 1.35. The SMILES string of the molecule is O=C(O)CNC(=O)c1sccc1-n1cccc1. The monoisotopic (exact) mass is 250 g/mol. The Hall–Kier alpha value is -2.08. The standard InChI is InChI=1S/C11H10N2O3S/c14-9(15)7-12-11(16)10-8(3-6-17-10)13-4-1-2-5-13/h1-6H,7H2,(H,12,16)(H,14,15). The molecule has 5 nitrogen and oxygen atoms in total. The van der Waals surface area contributed by atoms with Gasteiger partial charge < -0.3 is 15.0 Å². The second-order valence-corrected chi connectivity index (χ2v) is 4.22. The molecule has 0 atom stereocenters. The Kier molecular flexibility index (Phi) is 3.24. The van der Waals surface area contributed by atoms with Crippen LogP contribution in [0.25, 0.3) is 5.69 Å². The van der Waals surface area contributed by atoms with Gasteiger partial charge in [0.05, 0.1) is 5.69 Å². The first kappa shape index (κ1) is 11.4. The Labute approximate surface area is 101 Å². The van der Waals surface area contributed by atoms with E-state index in [-0.39, 0.29) is 12.5 Å². The van der Waals surface area contributed by atoms with Gasteiger partial charge >= 0.3 is 5.97 Å². The van der Waals surface area contributed by atoms with Crippen LogP contribution in [0.4, 0.5) is 0 Å². The average Bonchev–Trinajstić information content (AvgIpc) is 2.94. The summed E-state index contributed by atoms with van der Waals surface area (Å²) in [7, 11) is 0. The van der Waals surface area contributed by atoms with Gasteiger partial charge in [0.1, 0.15) is 11.4 Å². The molecule has 6 heteroatoms. The molecule has 2 aromatic rings. The summed E-state index contributed by atoms with van der Waals surface area (Å²) in [6.07, 6.45) is 3.66. The molecule has 0 radical (unpaired) electrons. The van der Waals surface area contributed by atoms with Gasteiger partial charge in [0.2, 0.25) is 0 Å². The van der Waals surface area contributed by atoms with Crippen LogP contribution in [0, 0.1) is 0 Å². The molecule has 0 saturated carbocycles. The maximum absolute atomic E-state index is 11.7. The number of nitrogens with one attached hydrogen (secondary N) is 1. The highest BCUT2D eigenvalue weighted by Gasteiger charge is 2.14. The summed E-state index contributed by atoms with van der Waals surface area (Å²) in [6, 6.07) is 5.54. The van der Waals surface area contributed by atoms with Crippen LogP contribution in [-0.4, -0.2) is 28.1 Å². The molecular weight excluding hydrogens is 240 g/mol. The average molecular weight is 250 g/mol. The van der Waals surface area contributed by atoms with E-state index < -0.39 is 5.97 Å². The van der Waals surface area contributed by atoms with Crippen molar-refractivity contribution in [1.29, 1.82) is 0 Å². The van der Waals surface area contributed by atoms with Crippen molar-refractivity contribution in [3.8, 4) is 5.69 Å². The summed E-state index contributed by atoms with van der Waals surface area (Å²) in [4.78, 5) is 22.6. The van der Waals surface area contributed by atoms with Crippen molar-refractivity contribution in [3.63, 3.8) is 0 Å². The topological polar surface area (TPSA) is 71.3 Å². The largest absolute Gasteiger partial charge is 0.480 e. The first-order valence-corrected chi connectivity index (χ1v) is 5.77. The maximum atomic E-state index is 11.7. The minimum Gasteiger partial charge on any atom is -0.480 e. The number of thiophene rings is 1. The van der Waals surface area contributed by atoms with Gasteiger partial charge in [-0.3, -0.25) is 9.59 Å². The zero-order chi connectivity index (χ0) is 12.3. The fourth-order valence-corrected chi connectivity index (χ4v) is 2.21. The molecule has 0 aromatic carbocycles. The summed E-state index contributed by atoms with van der Waals surface area (Å²) in [5.41, 5.74) is 0.753. The van der Waals surface area contributed by atoms with E-state index in [9.17, 15) is 9.59 Å². The summed E-state index contributed by atoms with van der Waals surface area (Å²) < 4.78 is 1.81. The Morgan fingerprint density at radius 1 is 1.35 bits per heavy atom. The number of carbonyl (C=O) groups is 2. The van der Waals surface area contributed by atoms with Crippen LogP contribution >= 0.6 is 11.3 Å². The van der Waals surface area contributed by atoms with Crippen LogP contribution in [0.5, 0.6) is 0 Å². The number of hydrogen-bond acceptors (Lipinski definition) is 3. The fourth-order valence-electron chi connectivity index (χ4n) is 1.41. The Morgan fingerprint density at radius 3 is 2.71 bits per heavy atom. The van der Waals surface area contributed by atoms with Crippen LogP contribution in [0.3, 0.4) is 0 Å². The van der Waals surface area contributed by atoms with Crippen molar-refractivity contribution in [2.45, 2.75) is 0 Å². The molecule has 0 aliphatic rings. The normalized spacial score (nSPS) is 10.1. The molecule has 17 heavy (non-hydrogen) atoms. The van der Waals surface area contributed by atoms with Gasteiger partial charge in [-0.1, -0.05) is 0 Å². The van der Waals surface area contributed by atoms with Crippen molar-refractivity contribution in [2.24, 2.45) is 0 Å². The van der Waals surface area contributed by atoms with Gasteiger partial charge in [0, 0.05) is 12.4 Å². The second kappa shape index (κ2) is 4.84. The van der Waals surface area contributed by atoms with Gasteiger partial charge in [-0.2, -0.15) is 0 Å². The number of carboxylic acids is 1. The molecule has 1 amide bonds. The summed E-state index contributed by atoms with van der Waals surface area (Å²) in [6.45, 7) is -0.373. The minimum absolute atomic E-state index is 0.369. The van der Waals surface area contributed by atoms with E-state index in [1.807, 2.05) is 35.2 Å². The number of carboxylic acid groups (broad SMARTS) is 1. The van der Waals surface area contributed by atoms with Crippen molar-refractivity contribution >= 4 is 23.2 Å². The molecule has 2 aromatic heterocycles. The zero-order valence-electron chi connectivity index (χ0n) is 8.79. The molecule has 2 rings (SSSR count). The van der Waals surface area contributed by atoms with Gasteiger partial charge in [-0.15, -0.1) is 11.3 Å². The van der Waals surface area contributed by atoms with Gasteiger partial charge in [-0.25, -0.2) is 0 Å². The third kappa shape index (κ3) is 2.54. The quantitative estimate of drug-likeness (QED) is 0.860. The number of aromatic nitrogens is 1. The Bertz CT molecular complexity index is 531. The van der Waals surface area contributed by atoms with Crippen molar-refractivity contribution in [1.82, 2.24) is 9.88 Å². The highest BCUT2D eigenvalue weighted by Crippen LogP contribution is 2.20. The molecule has 0 aliphatic carbocycles. The van der Waals surface area contributed by atoms with Crippen LogP contribution in [0.15, 0.2) is 36.0 Å². The third-order valence-corrected chi connectivity index (χ3v) is 3.04. The lowest BCUT2D eigenvalue weighted by Gasteiger charge is -2.04. The number of aliphatic carboxylic acids is 1. The highest BCUT2D eigenvalue weighted by atomic mass is 32.1. The zero-order valence-corrected chi connectivity index (χ0v) is 9.61. The second-order valence-electron chi connectivity index (χ2n) is 3.30. The van der Waals surface area contributed by atoms with Gasteiger partial charge in [-0.05, 0) is 23.6 Å². The molecule has 2 heterocycles. The first-order valence-electron chi connectivity index (χ1n) is 4.89. The molecule has 2 N–H and O–H groups in total. The van der Waals surface area contributed by atoms with E-state index in [1.165, 1.54) is 11.3 Å². The molecule has 0 saturated heterocycles. The van der Waals surface area contributed by atoms with E-state index >= 15 is 0 Å². The van der Waals surface area contributed by atoms with Crippen LogP contribution in [-0.2, 0) is 4.79 Å².